The van der Waals surface area contributed by atoms with Crippen LogP contribution >= 0.6 is 0 Å². The molecule has 0 unspecified atom stereocenters. The molecule has 7 heteroatoms. The fraction of sp³-hybridized carbons (Fsp3) is 0.111. The number of fused-ring (bicyclic) bond motifs is 1. The normalized spacial score (nSPS) is 17.7. The number of carbonyl (C=O) groups excluding carboxylic acids is 2. The lowest BCUT2D eigenvalue weighted by atomic mass is 10.1. The molecule has 0 bridgehead atoms. The summed E-state index contributed by atoms with van der Waals surface area (Å²) in [5.74, 6) is -0.859. The van der Waals surface area contributed by atoms with Crippen molar-refractivity contribution in [1.82, 2.24) is 9.62 Å². The van der Waals surface area contributed by atoms with Gasteiger partial charge in [0.15, 0.2) is 0 Å². The Morgan fingerprint density at radius 2 is 1.60 bits per heavy atom. The van der Waals surface area contributed by atoms with Gasteiger partial charge in [0.2, 0.25) is 5.78 Å². The Labute approximate surface area is 145 Å². The molecule has 2 aromatic carbocycles. The molecule has 0 radical (unpaired) electrons. The molecule has 0 aliphatic carbocycles. The van der Waals surface area contributed by atoms with Crippen molar-refractivity contribution >= 4 is 21.7 Å². The first-order chi connectivity index (χ1) is 11.8. The number of carbonyl (C=O) groups is 2. The largest absolute Gasteiger partial charge is 0.324 e. The summed E-state index contributed by atoms with van der Waals surface area (Å²) in [6.07, 6.45) is 0. The highest BCUT2D eigenvalue weighted by Gasteiger charge is 2.38. The smallest absolute Gasteiger partial charge is 0.264 e. The van der Waals surface area contributed by atoms with Gasteiger partial charge in [-0.05, 0) is 31.2 Å². The molecular formula is C18H16N2O4S. The Morgan fingerprint density at radius 1 is 1.00 bits per heavy atom. The molecule has 2 aromatic rings. The Hall–Kier alpha value is -2.93. The van der Waals surface area contributed by atoms with Crippen LogP contribution in [0.25, 0.3) is 0 Å². The van der Waals surface area contributed by atoms with Crippen LogP contribution in [0.5, 0.6) is 0 Å². The SMILES string of the molecule is CC(NC(=O)c1ccccc1)=C1C(=O)c2ccccc2S(=O)(=O)N1C. The first-order valence-corrected chi connectivity index (χ1v) is 8.98. The van der Waals surface area contributed by atoms with Crippen LogP contribution in [0.15, 0.2) is 70.9 Å². The summed E-state index contributed by atoms with van der Waals surface area (Å²) in [6.45, 7) is 1.51. The highest BCUT2D eigenvalue weighted by molar-refractivity contribution is 7.89. The summed E-state index contributed by atoms with van der Waals surface area (Å²) < 4.78 is 26.2. The number of rotatable bonds is 2. The first-order valence-electron chi connectivity index (χ1n) is 7.54. The van der Waals surface area contributed by atoms with E-state index in [1.165, 1.54) is 26.1 Å². The van der Waals surface area contributed by atoms with E-state index in [0.717, 1.165) is 4.31 Å². The summed E-state index contributed by atoms with van der Waals surface area (Å²) in [5.41, 5.74) is 0.628. The number of likely N-dealkylation sites (N-methyl/N-ethyl adjacent to an activating group) is 1. The van der Waals surface area contributed by atoms with E-state index in [0.29, 0.717) is 5.56 Å². The summed E-state index contributed by atoms with van der Waals surface area (Å²) in [6, 6.07) is 14.5. The van der Waals surface area contributed by atoms with Gasteiger partial charge in [0.1, 0.15) is 5.70 Å². The lowest BCUT2D eigenvalue weighted by molar-refractivity contribution is 0.0963. The fourth-order valence-electron chi connectivity index (χ4n) is 2.72. The van der Waals surface area contributed by atoms with Gasteiger partial charge in [-0.25, -0.2) is 8.42 Å². The van der Waals surface area contributed by atoms with E-state index in [2.05, 4.69) is 5.32 Å². The number of hydrogen-bond donors (Lipinski definition) is 1. The number of nitrogens with one attached hydrogen (secondary N) is 1. The van der Waals surface area contributed by atoms with E-state index in [1.54, 1.807) is 42.5 Å². The lowest BCUT2D eigenvalue weighted by Crippen LogP contribution is -2.39. The van der Waals surface area contributed by atoms with Crippen LogP contribution in [0.2, 0.25) is 0 Å². The molecule has 0 spiro atoms. The highest BCUT2D eigenvalue weighted by atomic mass is 32.2. The number of ketones is 1. The van der Waals surface area contributed by atoms with Gasteiger partial charge in [-0.1, -0.05) is 30.3 Å². The van der Waals surface area contributed by atoms with Gasteiger partial charge < -0.3 is 5.32 Å². The van der Waals surface area contributed by atoms with Gasteiger partial charge in [0, 0.05) is 23.9 Å². The minimum absolute atomic E-state index is 0.0339. The van der Waals surface area contributed by atoms with Crippen molar-refractivity contribution in [1.29, 1.82) is 0 Å². The number of hydrogen-bond acceptors (Lipinski definition) is 4. The van der Waals surface area contributed by atoms with Crippen molar-refractivity contribution in [3.63, 3.8) is 0 Å². The quantitative estimate of drug-likeness (QED) is 0.836. The summed E-state index contributed by atoms with van der Waals surface area (Å²) in [4.78, 5) is 25.0. The van der Waals surface area contributed by atoms with Crippen LogP contribution < -0.4 is 5.32 Å². The number of benzene rings is 2. The molecule has 1 heterocycles. The maximum Gasteiger partial charge on any atom is 0.264 e. The second-order valence-electron chi connectivity index (χ2n) is 5.59. The molecule has 25 heavy (non-hydrogen) atoms. The maximum atomic E-state index is 12.8. The third kappa shape index (κ3) is 2.83. The molecule has 1 aliphatic rings. The monoisotopic (exact) mass is 356 g/mol. The predicted octanol–water partition coefficient (Wildman–Crippen LogP) is 2.16. The van der Waals surface area contributed by atoms with Crippen molar-refractivity contribution in [3.05, 3.63) is 77.1 Å². The summed E-state index contributed by atoms with van der Waals surface area (Å²) in [5, 5.41) is 2.61. The molecule has 0 aromatic heterocycles. The minimum atomic E-state index is -3.84. The van der Waals surface area contributed by atoms with Crippen LogP contribution in [0.1, 0.15) is 27.6 Å². The van der Waals surface area contributed by atoms with Gasteiger partial charge in [0.25, 0.3) is 15.9 Å². The van der Waals surface area contributed by atoms with E-state index in [1.807, 2.05) is 0 Å². The van der Waals surface area contributed by atoms with Crippen LogP contribution in [0, 0.1) is 0 Å². The van der Waals surface area contributed by atoms with Gasteiger partial charge in [-0.2, -0.15) is 0 Å². The van der Waals surface area contributed by atoms with Crippen molar-refractivity contribution in [2.45, 2.75) is 11.8 Å². The highest BCUT2D eigenvalue weighted by Crippen LogP contribution is 2.31. The van der Waals surface area contributed by atoms with E-state index in [4.69, 9.17) is 0 Å². The zero-order chi connectivity index (χ0) is 18.2. The molecule has 0 fully saturated rings. The molecule has 1 amide bonds. The van der Waals surface area contributed by atoms with Crippen LogP contribution in [0.3, 0.4) is 0 Å². The second-order valence-corrected chi connectivity index (χ2v) is 7.53. The Balaban J connectivity index is 2.05. The standard InChI is InChI=1S/C18H16N2O4S/c1-12(19-18(22)13-8-4-3-5-9-13)16-17(21)14-10-6-7-11-15(14)25(23,24)20(16)2/h3-11H,1-2H3,(H,19,22). The minimum Gasteiger partial charge on any atom is -0.324 e. The van der Waals surface area contributed by atoms with Crippen molar-refractivity contribution in [3.8, 4) is 0 Å². The maximum absolute atomic E-state index is 12.8. The second kappa shape index (κ2) is 6.18. The molecular weight excluding hydrogens is 340 g/mol. The molecule has 128 valence electrons. The van der Waals surface area contributed by atoms with Gasteiger partial charge in [-0.15, -0.1) is 0 Å². The molecule has 1 N–H and O–H groups in total. The fourth-order valence-corrected chi connectivity index (χ4v) is 4.16. The number of Topliss-reactive ketones (excluding diaryl/α,β-unsaturated/α-hetero) is 1. The Bertz CT molecular complexity index is 995. The zero-order valence-electron chi connectivity index (χ0n) is 13.7. The van der Waals surface area contributed by atoms with Crippen LogP contribution in [0.4, 0.5) is 0 Å². The van der Waals surface area contributed by atoms with Gasteiger partial charge in [-0.3, -0.25) is 13.9 Å². The number of nitrogens with zero attached hydrogens (tertiary/aromatic N) is 1. The van der Waals surface area contributed by atoms with Crippen molar-refractivity contribution < 1.29 is 18.0 Å². The van der Waals surface area contributed by atoms with E-state index in [9.17, 15) is 18.0 Å². The average molecular weight is 356 g/mol. The van der Waals surface area contributed by atoms with Gasteiger partial charge in [0.05, 0.1) is 4.90 Å². The Morgan fingerprint density at radius 3 is 2.28 bits per heavy atom. The summed E-state index contributed by atoms with van der Waals surface area (Å²) >= 11 is 0. The number of amides is 1. The lowest BCUT2D eigenvalue weighted by Gasteiger charge is -2.29. The zero-order valence-corrected chi connectivity index (χ0v) is 14.5. The summed E-state index contributed by atoms with van der Waals surface area (Å²) in [7, 11) is -2.54. The predicted molar refractivity (Wildman–Crippen MR) is 92.3 cm³/mol. The first kappa shape index (κ1) is 16.9. The molecule has 1 aliphatic heterocycles. The van der Waals surface area contributed by atoms with Crippen molar-refractivity contribution in [2.24, 2.45) is 0 Å². The van der Waals surface area contributed by atoms with Crippen LogP contribution in [-0.4, -0.2) is 31.5 Å². The van der Waals surface area contributed by atoms with E-state index >= 15 is 0 Å². The molecule has 3 rings (SSSR count). The van der Waals surface area contributed by atoms with Gasteiger partial charge >= 0.3 is 0 Å². The third-order valence-electron chi connectivity index (χ3n) is 3.99. The molecule has 0 saturated heterocycles. The van der Waals surface area contributed by atoms with Crippen LogP contribution in [-0.2, 0) is 10.0 Å². The molecule has 0 atom stereocenters. The topological polar surface area (TPSA) is 83.5 Å². The number of allylic oxidation sites excluding steroid dienone is 2. The van der Waals surface area contributed by atoms with E-state index < -0.39 is 21.7 Å². The molecule has 0 saturated carbocycles. The third-order valence-corrected chi connectivity index (χ3v) is 5.81. The van der Waals surface area contributed by atoms with E-state index in [-0.39, 0.29) is 21.9 Å². The Kier molecular flexibility index (Phi) is 4.18. The van der Waals surface area contributed by atoms with Crippen molar-refractivity contribution in [2.75, 3.05) is 7.05 Å². The average Bonchev–Trinajstić information content (AvgIpc) is 2.61. The number of sulfonamides is 1. The molecule has 6 nitrogen and oxygen atoms in total.